The van der Waals surface area contributed by atoms with Gasteiger partial charge in [0.15, 0.2) is 5.78 Å². The Hall–Kier alpha value is -0.780. The van der Waals surface area contributed by atoms with Crippen molar-refractivity contribution in [3.8, 4) is 0 Å². The topological polar surface area (TPSA) is 17.1 Å². The number of hydrogen-bond donors (Lipinski definition) is 0. The first kappa shape index (κ1) is 16.6. The van der Waals surface area contributed by atoms with E-state index in [4.69, 9.17) is 0 Å². The molecule has 0 aliphatic carbocycles. The van der Waals surface area contributed by atoms with Crippen molar-refractivity contribution in [3.63, 3.8) is 0 Å². The Balaban J connectivity index is 2.19. The SMILES string of the molecule is CCCc1sc(C(=O)/C=C/c2cc(Br)ccc2F)cc1Br. The zero-order valence-electron chi connectivity index (χ0n) is 11.3. The quantitative estimate of drug-likeness (QED) is 0.403. The molecule has 0 spiro atoms. The highest BCUT2D eigenvalue weighted by Gasteiger charge is 2.11. The molecule has 1 aromatic heterocycles. The van der Waals surface area contributed by atoms with E-state index in [-0.39, 0.29) is 11.6 Å². The molecule has 0 saturated carbocycles. The number of carbonyl (C=O) groups is 1. The maximum atomic E-state index is 13.6. The Morgan fingerprint density at radius 1 is 1.33 bits per heavy atom. The fourth-order valence-electron chi connectivity index (χ4n) is 1.82. The van der Waals surface area contributed by atoms with E-state index in [2.05, 4.69) is 38.8 Å². The van der Waals surface area contributed by atoms with Crippen LogP contribution in [0.5, 0.6) is 0 Å². The van der Waals surface area contributed by atoms with Crippen molar-refractivity contribution in [1.82, 2.24) is 0 Å². The van der Waals surface area contributed by atoms with Crippen LogP contribution in [0.1, 0.15) is 33.5 Å². The molecule has 0 aliphatic rings. The summed E-state index contributed by atoms with van der Waals surface area (Å²) in [6, 6.07) is 6.47. The van der Waals surface area contributed by atoms with Gasteiger partial charge in [0.1, 0.15) is 5.82 Å². The molecule has 0 amide bonds. The van der Waals surface area contributed by atoms with Gasteiger partial charge in [0.2, 0.25) is 0 Å². The minimum absolute atomic E-state index is 0.109. The molecule has 0 atom stereocenters. The van der Waals surface area contributed by atoms with Gasteiger partial charge in [0.25, 0.3) is 0 Å². The van der Waals surface area contributed by atoms with Gasteiger partial charge in [-0.15, -0.1) is 11.3 Å². The van der Waals surface area contributed by atoms with Crippen LogP contribution in [0.25, 0.3) is 6.08 Å². The molecule has 0 N–H and O–H groups in total. The van der Waals surface area contributed by atoms with Crippen LogP contribution in [0.4, 0.5) is 4.39 Å². The Kier molecular flexibility index (Phi) is 5.90. The van der Waals surface area contributed by atoms with Crippen molar-refractivity contribution in [2.75, 3.05) is 0 Å². The number of allylic oxidation sites excluding steroid dienone is 1. The van der Waals surface area contributed by atoms with Crippen molar-refractivity contribution in [3.05, 3.63) is 60.4 Å². The maximum absolute atomic E-state index is 13.6. The van der Waals surface area contributed by atoms with Crippen LogP contribution < -0.4 is 0 Å². The van der Waals surface area contributed by atoms with Crippen LogP contribution in [0, 0.1) is 5.82 Å². The molecule has 0 bridgehead atoms. The van der Waals surface area contributed by atoms with Crippen LogP contribution in [0.15, 0.2) is 39.3 Å². The Labute approximate surface area is 144 Å². The van der Waals surface area contributed by atoms with Crippen molar-refractivity contribution in [1.29, 1.82) is 0 Å². The molecule has 1 heterocycles. The predicted octanol–water partition coefficient (Wildman–Crippen LogP) is 6.26. The van der Waals surface area contributed by atoms with Gasteiger partial charge in [-0.1, -0.05) is 29.3 Å². The molecule has 5 heteroatoms. The smallest absolute Gasteiger partial charge is 0.195 e. The number of carbonyl (C=O) groups excluding carboxylic acids is 1. The minimum Gasteiger partial charge on any atom is -0.288 e. The second-order valence-electron chi connectivity index (χ2n) is 4.50. The minimum atomic E-state index is -0.346. The summed E-state index contributed by atoms with van der Waals surface area (Å²) < 4.78 is 15.4. The molecule has 0 fully saturated rings. The summed E-state index contributed by atoms with van der Waals surface area (Å²) in [6.07, 6.45) is 4.91. The molecule has 21 heavy (non-hydrogen) atoms. The standard InChI is InChI=1S/C16H13Br2FOS/c1-2-3-15-12(18)9-16(21-15)14(20)7-4-10-8-11(17)5-6-13(10)19/h4-9H,2-3H2,1H3/b7-4+. The number of aryl methyl sites for hydroxylation is 1. The molecule has 0 unspecified atom stereocenters. The monoisotopic (exact) mass is 430 g/mol. The van der Waals surface area contributed by atoms with Crippen molar-refractivity contribution >= 4 is 55.1 Å². The van der Waals surface area contributed by atoms with Gasteiger partial charge in [-0.3, -0.25) is 4.79 Å². The highest BCUT2D eigenvalue weighted by atomic mass is 79.9. The highest BCUT2D eigenvalue weighted by Crippen LogP contribution is 2.29. The van der Waals surface area contributed by atoms with Gasteiger partial charge < -0.3 is 0 Å². The summed E-state index contributed by atoms with van der Waals surface area (Å²) in [4.78, 5) is 14.0. The van der Waals surface area contributed by atoms with E-state index >= 15 is 0 Å². The third-order valence-corrected chi connectivity index (χ3v) is 5.52. The lowest BCUT2D eigenvalue weighted by Crippen LogP contribution is -1.90. The predicted molar refractivity (Wildman–Crippen MR) is 93.5 cm³/mol. The maximum Gasteiger partial charge on any atom is 0.195 e. The van der Waals surface area contributed by atoms with Gasteiger partial charge in [-0.2, -0.15) is 0 Å². The van der Waals surface area contributed by atoms with Crippen molar-refractivity contribution in [2.45, 2.75) is 19.8 Å². The fourth-order valence-corrected chi connectivity index (χ4v) is 4.09. The van der Waals surface area contributed by atoms with Crippen LogP contribution in [0.3, 0.4) is 0 Å². The molecule has 1 nitrogen and oxygen atoms in total. The van der Waals surface area contributed by atoms with Crippen LogP contribution in [-0.2, 0) is 6.42 Å². The molecule has 0 radical (unpaired) electrons. The highest BCUT2D eigenvalue weighted by molar-refractivity contribution is 9.10. The van der Waals surface area contributed by atoms with Crippen LogP contribution >= 0.6 is 43.2 Å². The van der Waals surface area contributed by atoms with Gasteiger partial charge in [-0.05, 0) is 58.8 Å². The second kappa shape index (κ2) is 7.47. The Morgan fingerprint density at radius 2 is 2.10 bits per heavy atom. The van der Waals surface area contributed by atoms with Gasteiger partial charge in [0, 0.05) is 19.4 Å². The van der Waals surface area contributed by atoms with E-state index in [9.17, 15) is 9.18 Å². The number of rotatable bonds is 5. The van der Waals surface area contributed by atoms with E-state index in [0.717, 1.165) is 21.8 Å². The molecule has 0 saturated heterocycles. The Morgan fingerprint density at radius 3 is 2.81 bits per heavy atom. The normalized spacial score (nSPS) is 11.2. The molecule has 0 aliphatic heterocycles. The summed E-state index contributed by atoms with van der Waals surface area (Å²) in [7, 11) is 0. The molecule has 2 rings (SSSR count). The first-order valence-electron chi connectivity index (χ1n) is 6.47. The molecule has 2 aromatic rings. The van der Waals surface area contributed by atoms with Crippen LogP contribution in [-0.4, -0.2) is 5.78 Å². The zero-order chi connectivity index (χ0) is 15.4. The lowest BCUT2D eigenvalue weighted by Gasteiger charge is -1.97. The first-order valence-corrected chi connectivity index (χ1v) is 8.87. The largest absolute Gasteiger partial charge is 0.288 e. The lowest BCUT2D eigenvalue weighted by molar-refractivity contribution is 0.105. The average molecular weight is 432 g/mol. The van der Waals surface area contributed by atoms with E-state index in [0.29, 0.717) is 10.4 Å². The third kappa shape index (κ3) is 4.34. The molecule has 110 valence electrons. The average Bonchev–Trinajstić information content (AvgIpc) is 2.81. The van der Waals surface area contributed by atoms with Crippen LogP contribution in [0.2, 0.25) is 0 Å². The van der Waals surface area contributed by atoms with Gasteiger partial charge in [0.05, 0.1) is 4.88 Å². The van der Waals surface area contributed by atoms with Crippen molar-refractivity contribution in [2.24, 2.45) is 0 Å². The molecular weight excluding hydrogens is 419 g/mol. The summed E-state index contributed by atoms with van der Waals surface area (Å²) in [6.45, 7) is 2.10. The second-order valence-corrected chi connectivity index (χ2v) is 7.40. The number of halogens is 3. The first-order chi connectivity index (χ1) is 10.0. The summed E-state index contributed by atoms with van der Waals surface area (Å²) in [5, 5.41) is 0. The molecular formula is C16H13Br2FOS. The number of benzene rings is 1. The summed E-state index contributed by atoms with van der Waals surface area (Å²) in [5.74, 6) is -0.455. The van der Waals surface area contributed by atoms with E-state index < -0.39 is 0 Å². The van der Waals surface area contributed by atoms with Gasteiger partial charge in [-0.25, -0.2) is 4.39 Å². The molecule has 1 aromatic carbocycles. The summed E-state index contributed by atoms with van der Waals surface area (Å²) in [5.41, 5.74) is 0.391. The van der Waals surface area contributed by atoms with E-state index in [1.54, 1.807) is 12.1 Å². The number of hydrogen-bond acceptors (Lipinski definition) is 2. The number of thiophene rings is 1. The third-order valence-electron chi connectivity index (χ3n) is 2.85. The van der Waals surface area contributed by atoms with E-state index in [1.807, 2.05) is 6.07 Å². The number of ketones is 1. The zero-order valence-corrected chi connectivity index (χ0v) is 15.3. The fraction of sp³-hybridized carbons (Fsp3) is 0.188. The van der Waals surface area contributed by atoms with E-state index in [1.165, 1.54) is 34.4 Å². The van der Waals surface area contributed by atoms with Crippen molar-refractivity contribution < 1.29 is 9.18 Å². The lowest BCUT2D eigenvalue weighted by atomic mass is 10.1. The van der Waals surface area contributed by atoms with Gasteiger partial charge >= 0.3 is 0 Å². The summed E-state index contributed by atoms with van der Waals surface area (Å²) >= 11 is 8.24. The Bertz CT molecular complexity index is 692.